The van der Waals surface area contributed by atoms with Crippen molar-refractivity contribution in [2.24, 2.45) is 0 Å². The van der Waals surface area contributed by atoms with Crippen LogP contribution < -0.4 is 5.73 Å². The molecule has 0 radical (unpaired) electrons. The Kier molecular flexibility index (Phi) is 6.00. The van der Waals surface area contributed by atoms with E-state index in [0.717, 1.165) is 36.2 Å². The number of aryl methyl sites for hydroxylation is 1. The molecule has 2 aromatic heterocycles. The number of aromatic nitrogens is 4. The van der Waals surface area contributed by atoms with Crippen LogP contribution in [0, 0.1) is 6.92 Å². The number of hydrogen-bond donors (Lipinski definition) is 1. The predicted octanol–water partition coefficient (Wildman–Crippen LogP) is 3.53. The van der Waals surface area contributed by atoms with Crippen LogP contribution in [0.15, 0.2) is 59.1 Å². The average Bonchev–Trinajstić information content (AvgIpc) is 3.55. The average molecular weight is 470 g/mol. The number of anilines is 1. The van der Waals surface area contributed by atoms with E-state index in [-0.39, 0.29) is 17.6 Å². The van der Waals surface area contributed by atoms with Crippen LogP contribution in [0.4, 0.5) is 5.82 Å². The summed E-state index contributed by atoms with van der Waals surface area (Å²) in [6.45, 7) is 3.45. The summed E-state index contributed by atoms with van der Waals surface area (Å²) < 4.78 is 5.83. The van der Waals surface area contributed by atoms with E-state index >= 15 is 0 Å². The number of nitrogens with zero attached hydrogens (tertiary/aromatic N) is 6. The van der Waals surface area contributed by atoms with Crippen molar-refractivity contribution in [2.45, 2.75) is 19.4 Å². The molecule has 1 saturated heterocycles. The quantitative estimate of drug-likeness (QED) is 0.472. The zero-order valence-electron chi connectivity index (χ0n) is 20.0. The first-order valence-corrected chi connectivity index (χ1v) is 11.5. The van der Waals surface area contributed by atoms with Gasteiger partial charge in [0.25, 0.3) is 11.8 Å². The summed E-state index contributed by atoms with van der Waals surface area (Å²) in [4.78, 5) is 26.2. The summed E-state index contributed by atoms with van der Waals surface area (Å²) in [5.41, 5.74) is 10.2. The topological polar surface area (TPSA) is 114 Å². The lowest BCUT2D eigenvalue weighted by molar-refractivity contribution is 0.0782. The molecule has 35 heavy (non-hydrogen) atoms. The lowest BCUT2D eigenvalue weighted by Crippen LogP contribution is -2.34. The van der Waals surface area contributed by atoms with E-state index in [9.17, 15) is 4.79 Å². The molecule has 2 aromatic carbocycles. The number of likely N-dealkylation sites (tertiary alicyclic amines) is 1. The van der Waals surface area contributed by atoms with Gasteiger partial charge in [-0.25, -0.2) is 9.97 Å². The predicted molar refractivity (Wildman–Crippen MR) is 133 cm³/mol. The van der Waals surface area contributed by atoms with Gasteiger partial charge < -0.3 is 20.0 Å². The molecule has 3 heterocycles. The fourth-order valence-electron chi connectivity index (χ4n) is 4.29. The molecular weight excluding hydrogens is 442 g/mol. The number of hydrogen-bond acceptors (Lipinski definition) is 8. The first-order valence-electron chi connectivity index (χ1n) is 11.5. The molecule has 4 aromatic rings. The van der Waals surface area contributed by atoms with Crippen molar-refractivity contribution >= 4 is 11.7 Å². The second kappa shape index (κ2) is 9.27. The fourth-order valence-corrected chi connectivity index (χ4v) is 4.29. The molecule has 1 aliphatic rings. The third-order valence-corrected chi connectivity index (χ3v) is 6.38. The van der Waals surface area contributed by atoms with Crippen LogP contribution in [-0.4, -0.2) is 69.1 Å². The van der Waals surface area contributed by atoms with Crippen molar-refractivity contribution in [1.82, 2.24) is 30.0 Å². The van der Waals surface area contributed by atoms with Crippen molar-refractivity contribution in [3.8, 4) is 34.3 Å². The summed E-state index contributed by atoms with van der Waals surface area (Å²) in [5, 5.41) is 8.24. The minimum absolute atomic E-state index is 0.0572. The fraction of sp³-hybridized carbons (Fsp3) is 0.269. The zero-order chi connectivity index (χ0) is 24.5. The Hall–Kier alpha value is -4.11. The van der Waals surface area contributed by atoms with Gasteiger partial charge in [0.15, 0.2) is 11.5 Å². The van der Waals surface area contributed by atoms with Crippen LogP contribution in [0.2, 0.25) is 0 Å². The number of carbonyl (C=O) groups is 1. The molecule has 178 valence electrons. The van der Waals surface area contributed by atoms with E-state index in [1.807, 2.05) is 60.4 Å². The number of rotatable bonds is 5. The molecule has 1 amide bonds. The monoisotopic (exact) mass is 469 g/mol. The van der Waals surface area contributed by atoms with E-state index in [1.165, 1.54) is 0 Å². The number of nitrogen functional groups attached to an aromatic ring is 1. The largest absolute Gasteiger partial charge is 0.414 e. The number of likely N-dealkylation sites (N-methyl/N-ethyl adjacent to an activating group) is 1. The molecule has 9 nitrogen and oxygen atoms in total. The Morgan fingerprint density at radius 3 is 2.57 bits per heavy atom. The van der Waals surface area contributed by atoms with Gasteiger partial charge in [0.05, 0.1) is 11.9 Å². The summed E-state index contributed by atoms with van der Waals surface area (Å²) in [6.07, 6.45) is 2.59. The number of carbonyl (C=O) groups excluding carboxylic acids is 1. The maximum absolute atomic E-state index is 13.1. The molecule has 0 aliphatic carbocycles. The third kappa shape index (κ3) is 4.50. The van der Waals surface area contributed by atoms with Crippen molar-refractivity contribution in [1.29, 1.82) is 0 Å². The van der Waals surface area contributed by atoms with Gasteiger partial charge in [-0.15, -0.1) is 10.2 Å². The van der Waals surface area contributed by atoms with E-state index in [1.54, 1.807) is 6.20 Å². The first-order chi connectivity index (χ1) is 16.9. The highest BCUT2D eigenvalue weighted by Crippen LogP contribution is 2.29. The molecule has 2 N–H and O–H groups in total. The van der Waals surface area contributed by atoms with Gasteiger partial charge in [0.1, 0.15) is 0 Å². The summed E-state index contributed by atoms with van der Waals surface area (Å²) >= 11 is 0. The zero-order valence-corrected chi connectivity index (χ0v) is 20.0. The number of amides is 1. The standard InChI is InChI=1S/C26H27N7O2/c1-16-13-18(9-10-20(16)26(34)33-12-11-19(15-33)32(2)3)21-14-28-23(27)22(29-21)25-31-30-24(35-25)17-7-5-4-6-8-17/h4-10,13-14,19H,11-12,15H2,1-3H3,(H2,27,28)/t19-/m1/s1. The molecule has 0 bridgehead atoms. The molecule has 5 rings (SSSR count). The van der Waals surface area contributed by atoms with Crippen molar-refractivity contribution in [3.05, 3.63) is 65.9 Å². The lowest BCUT2D eigenvalue weighted by Gasteiger charge is -2.21. The SMILES string of the molecule is Cc1cc(-c2cnc(N)c(-c3nnc(-c4ccccc4)o3)n2)ccc1C(=O)N1CC[C@@H](N(C)C)C1. The van der Waals surface area contributed by atoms with Gasteiger partial charge >= 0.3 is 0 Å². The summed E-state index contributed by atoms with van der Waals surface area (Å²) in [7, 11) is 4.11. The minimum Gasteiger partial charge on any atom is -0.414 e. The van der Waals surface area contributed by atoms with Gasteiger partial charge in [0, 0.05) is 35.8 Å². The Bertz CT molecular complexity index is 1370. The lowest BCUT2D eigenvalue weighted by atomic mass is 10.0. The normalized spacial score (nSPS) is 15.7. The Labute approximate surface area is 203 Å². The Balaban J connectivity index is 1.40. The maximum atomic E-state index is 13.1. The van der Waals surface area contributed by atoms with E-state index in [0.29, 0.717) is 28.9 Å². The molecule has 1 aliphatic heterocycles. The third-order valence-electron chi connectivity index (χ3n) is 6.38. The van der Waals surface area contributed by atoms with Crippen LogP contribution in [-0.2, 0) is 0 Å². The van der Waals surface area contributed by atoms with Crippen molar-refractivity contribution in [3.63, 3.8) is 0 Å². The maximum Gasteiger partial charge on any atom is 0.270 e. The molecule has 1 atom stereocenters. The number of nitrogens with two attached hydrogens (primary N) is 1. The highest BCUT2D eigenvalue weighted by molar-refractivity contribution is 5.96. The Morgan fingerprint density at radius 1 is 1.09 bits per heavy atom. The van der Waals surface area contributed by atoms with Crippen molar-refractivity contribution in [2.75, 3.05) is 32.9 Å². The van der Waals surface area contributed by atoms with Gasteiger partial charge in [-0.1, -0.05) is 24.3 Å². The van der Waals surface area contributed by atoms with Crippen LogP contribution in [0.5, 0.6) is 0 Å². The van der Waals surface area contributed by atoms with E-state index < -0.39 is 0 Å². The van der Waals surface area contributed by atoms with Crippen LogP contribution in [0.25, 0.3) is 34.3 Å². The summed E-state index contributed by atoms with van der Waals surface area (Å²) in [6, 6.07) is 15.6. The second-order valence-corrected chi connectivity index (χ2v) is 8.95. The molecule has 0 unspecified atom stereocenters. The van der Waals surface area contributed by atoms with Gasteiger partial charge in [0.2, 0.25) is 5.89 Å². The smallest absolute Gasteiger partial charge is 0.270 e. The molecular formula is C26H27N7O2. The number of benzene rings is 2. The van der Waals surface area contributed by atoms with Gasteiger partial charge in [-0.2, -0.15) is 0 Å². The van der Waals surface area contributed by atoms with Crippen LogP contribution >= 0.6 is 0 Å². The van der Waals surface area contributed by atoms with Crippen LogP contribution in [0.3, 0.4) is 0 Å². The highest BCUT2D eigenvalue weighted by Gasteiger charge is 2.28. The van der Waals surface area contributed by atoms with E-state index in [2.05, 4.69) is 39.2 Å². The second-order valence-electron chi connectivity index (χ2n) is 8.95. The van der Waals surface area contributed by atoms with Crippen LogP contribution in [0.1, 0.15) is 22.3 Å². The Morgan fingerprint density at radius 2 is 1.86 bits per heavy atom. The molecule has 1 fully saturated rings. The van der Waals surface area contributed by atoms with Crippen molar-refractivity contribution < 1.29 is 9.21 Å². The summed E-state index contributed by atoms with van der Waals surface area (Å²) in [5.74, 6) is 0.833. The molecule has 0 saturated carbocycles. The van der Waals surface area contributed by atoms with Gasteiger partial charge in [-0.3, -0.25) is 4.79 Å². The first kappa shape index (κ1) is 22.7. The van der Waals surface area contributed by atoms with Gasteiger partial charge in [-0.05, 0) is 57.3 Å². The molecule has 9 heteroatoms. The minimum atomic E-state index is 0.0572. The highest BCUT2D eigenvalue weighted by atomic mass is 16.4. The van der Waals surface area contributed by atoms with E-state index in [4.69, 9.17) is 10.2 Å². The molecule has 0 spiro atoms.